The second-order valence-electron chi connectivity index (χ2n) is 5.33. The number of aryl methyl sites for hydroxylation is 1. The van der Waals surface area contributed by atoms with Crippen molar-refractivity contribution in [1.29, 1.82) is 0 Å². The minimum atomic E-state index is -0.523. The fraction of sp³-hybridized carbons (Fsp3) is 0.105. The molecule has 0 unspecified atom stereocenters. The second-order valence-corrected chi connectivity index (χ2v) is 5.33. The van der Waals surface area contributed by atoms with Gasteiger partial charge in [0.2, 0.25) is 5.82 Å². The van der Waals surface area contributed by atoms with E-state index >= 15 is 0 Å². The average Bonchev–Trinajstić information content (AvgIpc) is 3.10. The van der Waals surface area contributed by atoms with Crippen LogP contribution in [-0.2, 0) is 16.1 Å². The van der Waals surface area contributed by atoms with E-state index in [0.29, 0.717) is 11.1 Å². The van der Waals surface area contributed by atoms with Crippen molar-refractivity contribution < 1.29 is 18.4 Å². The van der Waals surface area contributed by atoms with E-state index in [1.807, 2.05) is 30.3 Å². The Morgan fingerprint density at radius 2 is 2.04 bits per heavy atom. The molecule has 0 atom stereocenters. The van der Waals surface area contributed by atoms with Gasteiger partial charge in [0.25, 0.3) is 5.89 Å². The molecule has 0 bridgehead atoms. The highest BCUT2D eigenvalue weighted by molar-refractivity contribution is 5.86. The summed E-state index contributed by atoms with van der Waals surface area (Å²) in [5.74, 6) is -0.492. The van der Waals surface area contributed by atoms with Crippen molar-refractivity contribution in [2.45, 2.75) is 13.5 Å². The molecule has 1 aromatic heterocycles. The van der Waals surface area contributed by atoms with Gasteiger partial charge in [-0.15, -0.1) is 0 Å². The third-order valence-corrected chi connectivity index (χ3v) is 3.45. The second kappa shape index (κ2) is 7.53. The van der Waals surface area contributed by atoms with E-state index in [2.05, 4.69) is 10.1 Å². The summed E-state index contributed by atoms with van der Waals surface area (Å²) in [4.78, 5) is 15.8. The highest BCUT2D eigenvalue weighted by Gasteiger charge is 2.11. The lowest BCUT2D eigenvalue weighted by molar-refractivity contribution is -0.139. The Bertz CT molecular complexity index is 904. The van der Waals surface area contributed by atoms with Crippen molar-refractivity contribution in [2.75, 3.05) is 0 Å². The maximum Gasteiger partial charge on any atom is 0.331 e. The van der Waals surface area contributed by atoms with Gasteiger partial charge in [0.1, 0.15) is 5.82 Å². The van der Waals surface area contributed by atoms with Crippen LogP contribution in [0.15, 0.2) is 59.1 Å². The highest BCUT2D eigenvalue weighted by Crippen LogP contribution is 2.19. The van der Waals surface area contributed by atoms with Crippen LogP contribution in [-0.4, -0.2) is 16.1 Å². The Labute approximate surface area is 143 Å². The Kier molecular flexibility index (Phi) is 4.99. The number of benzene rings is 2. The molecule has 3 rings (SSSR count). The van der Waals surface area contributed by atoms with Crippen molar-refractivity contribution in [3.05, 3.63) is 77.4 Å². The third-order valence-electron chi connectivity index (χ3n) is 3.45. The lowest BCUT2D eigenvalue weighted by atomic mass is 10.1. The summed E-state index contributed by atoms with van der Waals surface area (Å²) in [5.41, 5.74) is 1.92. The summed E-state index contributed by atoms with van der Waals surface area (Å²) in [7, 11) is 0. The van der Waals surface area contributed by atoms with Crippen LogP contribution in [0.25, 0.3) is 17.5 Å². The molecule has 0 saturated carbocycles. The number of carbonyl (C=O) groups excluding carboxylic acids is 1. The van der Waals surface area contributed by atoms with E-state index < -0.39 is 5.97 Å². The molecule has 0 aliphatic heterocycles. The fourth-order valence-electron chi connectivity index (χ4n) is 2.07. The molecule has 0 fully saturated rings. The number of esters is 1. The smallest absolute Gasteiger partial charge is 0.331 e. The zero-order valence-electron chi connectivity index (χ0n) is 13.5. The fourth-order valence-corrected chi connectivity index (χ4v) is 2.07. The summed E-state index contributed by atoms with van der Waals surface area (Å²) in [6, 6.07) is 14.0. The first-order chi connectivity index (χ1) is 12.1. The number of ether oxygens (including phenoxy) is 1. The molecule has 0 spiro atoms. The zero-order valence-corrected chi connectivity index (χ0v) is 13.5. The molecule has 25 heavy (non-hydrogen) atoms. The SMILES string of the molecule is Cc1ccc(-c2noc(COC(=O)/C=C/c3ccccc3)n2)cc1F. The van der Waals surface area contributed by atoms with Crippen molar-refractivity contribution in [1.82, 2.24) is 10.1 Å². The van der Waals surface area contributed by atoms with Gasteiger partial charge in [-0.1, -0.05) is 47.6 Å². The van der Waals surface area contributed by atoms with E-state index in [4.69, 9.17) is 9.26 Å². The predicted molar refractivity (Wildman–Crippen MR) is 89.7 cm³/mol. The summed E-state index contributed by atoms with van der Waals surface area (Å²) in [6.07, 6.45) is 2.97. The number of aromatic nitrogens is 2. The van der Waals surface area contributed by atoms with Crippen LogP contribution >= 0.6 is 0 Å². The summed E-state index contributed by atoms with van der Waals surface area (Å²) in [5, 5.41) is 3.77. The molecule has 1 heterocycles. The van der Waals surface area contributed by atoms with Crippen LogP contribution < -0.4 is 0 Å². The molecule has 0 saturated heterocycles. The number of carbonyl (C=O) groups is 1. The van der Waals surface area contributed by atoms with Crippen LogP contribution in [0.5, 0.6) is 0 Å². The van der Waals surface area contributed by atoms with E-state index in [-0.39, 0.29) is 24.1 Å². The average molecular weight is 338 g/mol. The van der Waals surface area contributed by atoms with Crippen LogP contribution in [0.1, 0.15) is 17.0 Å². The maximum atomic E-state index is 13.6. The van der Waals surface area contributed by atoms with Gasteiger partial charge in [-0.05, 0) is 30.2 Å². The first-order valence-electron chi connectivity index (χ1n) is 7.61. The van der Waals surface area contributed by atoms with E-state index in [1.165, 1.54) is 12.1 Å². The Morgan fingerprint density at radius 3 is 2.80 bits per heavy atom. The minimum Gasteiger partial charge on any atom is -0.452 e. The lowest BCUT2D eigenvalue weighted by Gasteiger charge is -1.98. The predicted octanol–water partition coefficient (Wildman–Crippen LogP) is 3.94. The number of rotatable bonds is 5. The zero-order chi connectivity index (χ0) is 17.6. The maximum absolute atomic E-state index is 13.6. The summed E-state index contributed by atoms with van der Waals surface area (Å²) >= 11 is 0. The summed E-state index contributed by atoms with van der Waals surface area (Å²) in [6.45, 7) is 1.52. The van der Waals surface area contributed by atoms with Gasteiger partial charge in [0.15, 0.2) is 6.61 Å². The Hall–Kier alpha value is -3.28. The molecule has 0 amide bonds. The van der Waals surface area contributed by atoms with E-state index in [0.717, 1.165) is 5.56 Å². The molecule has 0 radical (unpaired) electrons. The van der Waals surface area contributed by atoms with Crippen molar-refractivity contribution in [2.24, 2.45) is 0 Å². The van der Waals surface area contributed by atoms with Crippen molar-refractivity contribution in [3.8, 4) is 11.4 Å². The van der Waals surface area contributed by atoms with Gasteiger partial charge in [-0.2, -0.15) is 4.98 Å². The molecule has 5 nitrogen and oxygen atoms in total. The van der Waals surface area contributed by atoms with Gasteiger partial charge in [-0.25, -0.2) is 9.18 Å². The quantitative estimate of drug-likeness (QED) is 0.521. The monoisotopic (exact) mass is 338 g/mol. The van der Waals surface area contributed by atoms with Crippen LogP contribution in [0.2, 0.25) is 0 Å². The first kappa shape index (κ1) is 16.6. The molecule has 0 N–H and O–H groups in total. The number of hydrogen-bond acceptors (Lipinski definition) is 5. The topological polar surface area (TPSA) is 65.2 Å². The lowest BCUT2D eigenvalue weighted by Crippen LogP contribution is -2.01. The normalized spacial score (nSPS) is 11.0. The molecular weight excluding hydrogens is 323 g/mol. The largest absolute Gasteiger partial charge is 0.452 e. The van der Waals surface area contributed by atoms with Crippen LogP contribution in [0.3, 0.4) is 0 Å². The number of nitrogens with zero attached hydrogens (tertiary/aromatic N) is 2. The number of hydrogen-bond donors (Lipinski definition) is 0. The van der Waals surface area contributed by atoms with Gasteiger partial charge in [-0.3, -0.25) is 0 Å². The van der Waals surface area contributed by atoms with Crippen LogP contribution in [0, 0.1) is 12.7 Å². The van der Waals surface area contributed by atoms with Crippen molar-refractivity contribution in [3.63, 3.8) is 0 Å². The van der Waals surface area contributed by atoms with Gasteiger partial charge >= 0.3 is 5.97 Å². The standard InChI is InChI=1S/C19H15FN2O3/c1-13-7-9-15(11-16(13)20)19-21-17(25-22-19)12-24-18(23)10-8-14-5-3-2-4-6-14/h2-11H,12H2,1H3/b10-8+. The van der Waals surface area contributed by atoms with Crippen molar-refractivity contribution >= 4 is 12.0 Å². The molecular formula is C19H15FN2O3. The highest BCUT2D eigenvalue weighted by atomic mass is 19.1. The molecule has 126 valence electrons. The first-order valence-corrected chi connectivity index (χ1v) is 7.61. The van der Waals surface area contributed by atoms with E-state index in [9.17, 15) is 9.18 Å². The molecule has 0 aliphatic carbocycles. The molecule has 0 aliphatic rings. The number of halogens is 1. The third kappa shape index (κ3) is 4.38. The Morgan fingerprint density at radius 1 is 1.24 bits per heavy atom. The minimum absolute atomic E-state index is 0.137. The molecule has 2 aromatic carbocycles. The van der Waals surface area contributed by atoms with Gasteiger partial charge < -0.3 is 9.26 Å². The van der Waals surface area contributed by atoms with Gasteiger partial charge in [0.05, 0.1) is 0 Å². The summed E-state index contributed by atoms with van der Waals surface area (Å²) < 4.78 is 23.7. The van der Waals surface area contributed by atoms with Gasteiger partial charge in [0, 0.05) is 11.6 Å². The van der Waals surface area contributed by atoms with E-state index in [1.54, 1.807) is 25.1 Å². The Balaban J connectivity index is 1.59. The molecule has 6 heteroatoms. The molecule has 3 aromatic rings. The van der Waals surface area contributed by atoms with Crippen LogP contribution in [0.4, 0.5) is 4.39 Å².